The van der Waals surface area contributed by atoms with E-state index in [2.05, 4.69) is 53.4 Å². The maximum atomic E-state index is 12.9. The average Bonchev–Trinajstić information content (AvgIpc) is 2.98. The Balaban J connectivity index is 1.68. The zero-order valence-corrected chi connectivity index (χ0v) is 17.0. The van der Waals surface area contributed by atoms with Crippen LogP contribution in [-0.2, 0) is 11.3 Å². The van der Waals surface area contributed by atoms with Gasteiger partial charge in [0.2, 0.25) is 5.91 Å². The highest BCUT2D eigenvalue weighted by atomic mass is 16.2. The van der Waals surface area contributed by atoms with Crippen LogP contribution in [0.2, 0.25) is 0 Å². The first-order chi connectivity index (χ1) is 13.0. The zero-order chi connectivity index (χ0) is 19.4. The number of hydrogen-bond donors (Lipinski definition) is 1. The van der Waals surface area contributed by atoms with Crippen LogP contribution in [0.5, 0.6) is 0 Å². The van der Waals surface area contributed by atoms with Crippen molar-refractivity contribution in [2.24, 2.45) is 5.92 Å². The number of nitrogens with zero attached hydrogens (tertiary/aromatic N) is 3. The van der Waals surface area contributed by atoms with Crippen LogP contribution >= 0.6 is 0 Å². The predicted octanol–water partition coefficient (Wildman–Crippen LogP) is 4.00. The molecule has 2 heterocycles. The maximum absolute atomic E-state index is 12.9. The lowest BCUT2D eigenvalue weighted by Crippen LogP contribution is -2.36. The van der Waals surface area contributed by atoms with Gasteiger partial charge in [0, 0.05) is 31.0 Å². The summed E-state index contributed by atoms with van der Waals surface area (Å²) in [6.45, 7) is 10.9. The number of nitrogens with one attached hydrogen (secondary N) is 1. The fourth-order valence-electron chi connectivity index (χ4n) is 3.93. The van der Waals surface area contributed by atoms with Gasteiger partial charge >= 0.3 is 0 Å². The summed E-state index contributed by atoms with van der Waals surface area (Å²) < 4.78 is 1.86. The Labute approximate surface area is 162 Å². The highest BCUT2D eigenvalue weighted by Crippen LogP contribution is 2.22. The van der Waals surface area contributed by atoms with E-state index in [9.17, 15) is 4.79 Å². The van der Waals surface area contributed by atoms with Crippen LogP contribution in [0.4, 0.5) is 5.69 Å². The molecule has 0 aliphatic carbocycles. The minimum absolute atomic E-state index is 0.0274. The number of carbonyl (C=O) groups is 1. The van der Waals surface area contributed by atoms with Gasteiger partial charge in [0.15, 0.2) is 0 Å². The summed E-state index contributed by atoms with van der Waals surface area (Å²) in [5, 5.41) is 7.66. The molecule has 27 heavy (non-hydrogen) atoms. The quantitative estimate of drug-likeness (QED) is 0.838. The van der Waals surface area contributed by atoms with Crippen molar-refractivity contribution >= 4 is 11.6 Å². The molecule has 1 unspecified atom stereocenters. The highest BCUT2D eigenvalue weighted by molar-refractivity contribution is 5.80. The van der Waals surface area contributed by atoms with Crippen LogP contribution in [0, 0.1) is 19.8 Å². The van der Waals surface area contributed by atoms with Gasteiger partial charge in [-0.1, -0.05) is 26.0 Å². The minimum Gasteiger partial charge on any atom is -0.372 e. The molecular weight excluding hydrogens is 336 g/mol. The maximum Gasteiger partial charge on any atom is 0.245 e. The second-order valence-electron chi connectivity index (χ2n) is 8.00. The monoisotopic (exact) mass is 368 g/mol. The number of anilines is 1. The fourth-order valence-corrected chi connectivity index (χ4v) is 3.93. The van der Waals surface area contributed by atoms with Gasteiger partial charge in [-0.05, 0) is 62.8 Å². The molecular formula is C22H32N4O. The first-order valence-corrected chi connectivity index (χ1v) is 10.1. The molecule has 1 aliphatic heterocycles. The van der Waals surface area contributed by atoms with Crippen molar-refractivity contribution in [2.75, 3.05) is 18.0 Å². The van der Waals surface area contributed by atoms with Crippen molar-refractivity contribution in [3.05, 3.63) is 47.3 Å². The van der Waals surface area contributed by atoms with E-state index in [0.717, 1.165) is 30.0 Å². The van der Waals surface area contributed by atoms with E-state index in [1.807, 2.05) is 24.6 Å². The first kappa shape index (κ1) is 19.5. The second-order valence-corrected chi connectivity index (χ2v) is 8.00. The van der Waals surface area contributed by atoms with Gasteiger partial charge in [-0.2, -0.15) is 5.10 Å². The summed E-state index contributed by atoms with van der Waals surface area (Å²) in [6.07, 6.45) is 3.86. The van der Waals surface area contributed by atoms with E-state index < -0.39 is 0 Å². The lowest BCUT2D eigenvalue weighted by molar-refractivity contribution is -0.126. The molecule has 1 saturated heterocycles. The zero-order valence-electron chi connectivity index (χ0n) is 17.0. The van der Waals surface area contributed by atoms with E-state index in [4.69, 9.17) is 0 Å². The number of aromatic nitrogens is 2. The van der Waals surface area contributed by atoms with Crippen molar-refractivity contribution in [3.63, 3.8) is 0 Å². The lowest BCUT2D eigenvalue weighted by atomic mass is 10.0. The van der Waals surface area contributed by atoms with Crippen molar-refractivity contribution in [1.82, 2.24) is 15.1 Å². The summed E-state index contributed by atoms with van der Waals surface area (Å²) in [5.41, 5.74) is 4.37. The van der Waals surface area contributed by atoms with Gasteiger partial charge in [-0.15, -0.1) is 0 Å². The predicted molar refractivity (Wildman–Crippen MR) is 110 cm³/mol. The molecule has 1 atom stereocenters. The third-order valence-electron chi connectivity index (χ3n) is 5.31. The molecule has 0 spiro atoms. The van der Waals surface area contributed by atoms with E-state index in [0.29, 0.717) is 6.54 Å². The Bertz CT molecular complexity index is 774. The largest absolute Gasteiger partial charge is 0.372 e. The molecule has 1 aromatic heterocycles. The Hall–Kier alpha value is -2.30. The average molecular weight is 369 g/mol. The summed E-state index contributed by atoms with van der Waals surface area (Å²) in [7, 11) is 0. The van der Waals surface area contributed by atoms with Crippen molar-refractivity contribution in [2.45, 2.75) is 59.5 Å². The van der Waals surface area contributed by atoms with Crippen LogP contribution in [0.15, 0.2) is 30.3 Å². The molecule has 1 aliphatic rings. The molecule has 0 saturated carbocycles. The number of aryl methyl sites for hydroxylation is 2. The standard InChI is InChI=1S/C22H32N4O/c1-16(2)21(26-18(4)13-17(3)24-26)22(27)23-15-19-9-8-10-20(14-19)25-11-6-5-7-12-25/h8-10,13-14,16,21H,5-7,11-12,15H2,1-4H3,(H,23,27). The Morgan fingerprint density at radius 3 is 2.52 bits per heavy atom. The third kappa shape index (κ3) is 4.71. The van der Waals surface area contributed by atoms with E-state index in [1.165, 1.54) is 24.9 Å². The normalized spacial score (nSPS) is 15.8. The molecule has 3 rings (SSSR count). The topological polar surface area (TPSA) is 50.2 Å². The summed E-state index contributed by atoms with van der Waals surface area (Å²) in [5.74, 6) is 0.197. The SMILES string of the molecule is Cc1cc(C)n(C(C(=O)NCc2cccc(N3CCCCC3)c2)C(C)C)n1. The molecule has 0 radical (unpaired) electrons. The van der Waals surface area contributed by atoms with E-state index in [1.54, 1.807) is 0 Å². The smallest absolute Gasteiger partial charge is 0.245 e. The van der Waals surface area contributed by atoms with Crippen LogP contribution in [0.1, 0.15) is 56.1 Å². The summed E-state index contributed by atoms with van der Waals surface area (Å²) >= 11 is 0. The number of amides is 1. The summed E-state index contributed by atoms with van der Waals surface area (Å²) in [4.78, 5) is 15.4. The molecule has 2 aromatic rings. The van der Waals surface area contributed by atoms with E-state index in [-0.39, 0.29) is 17.9 Å². The number of hydrogen-bond acceptors (Lipinski definition) is 3. The van der Waals surface area contributed by atoms with Crippen molar-refractivity contribution in [3.8, 4) is 0 Å². The second kappa shape index (κ2) is 8.59. The first-order valence-electron chi connectivity index (χ1n) is 10.1. The Kier molecular flexibility index (Phi) is 6.19. The van der Waals surface area contributed by atoms with Gasteiger partial charge in [-0.25, -0.2) is 0 Å². The van der Waals surface area contributed by atoms with Gasteiger partial charge in [0.1, 0.15) is 6.04 Å². The molecule has 1 aromatic carbocycles. The number of piperidine rings is 1. The lowest BCUT2D eigenvalue weighted by Gasteiger charge is -2.29. The summed E-state index contributed by atoms with van der Waals surface area (Å²) in [6, 6.07) is 10.3. The Morgan fingerprint density at radius 2 is 1.89 bits per heavy atom. The van der Waals surface area contributed by atoms with Crippen LogP contribution in [-0.4, -0.2) is 28.8 Å². The molecule has 5 nitrogen and oxygen atoms in total. The third-order valence-corrected chi connectivity index (χ3v) is 5.31. The van der Waals surface area contributed by atoms with Crippen molar-refractivity contribution < 1.29 is 4.79 Å². The molecule has 0 bridgehead atoms. The molecule has 5 heteroatoms. The Morgan fingerprint density at radius 1 is 1.15 bits per heavy atom. The minimum atomic E-state index is -0.288. The molecule has 1 fully saturated rings. The van der Waals surface area contributed by atoms with Crippen LogP contribution in [0.3, 0.4) is 0 Å². The number of carbonyl (C=O) groups excluding carboxylic acids is 1. The fraction of sp³-hybridized carbons (Fsp3) is 0.545. The highest BCUT2D eigenvalue weighted by Gasteiger charge is 2.26. The van der Waals surface area contributed by atoms with Crippen molar-refractivity contribution in [1.29, 1.82) is 0 Å². The number of rotatable bonds is 6. The van der Waals surface area contributed by atoms with Gasteiger partial charge in [0.05, 0.1) is 5.69 Å². The van der Waals surface area contributed by atoms with Gasteiger partial charge in [0.25, 0.3) is 0 Å². The van der Waals surface area contributed by atoms with E-state index >= 15 is 0 Å². The van der Waals surface area contributed by atoms with Crippen LogP contribution < -0.4 is 10.2 Å². The molecule has 146 valence electrons. The van der Waals surface area contributed by atoms with Gasteiger partial charge in [-0.3, -0.25) is 9.48 Å². The molecule has 1 amide bonds. The molecule has 1 N–H and O–H groups in total. The number of benzene rings is 1. The van der Waals surface area contributed by atoms with Gasteiger partial charge < -0.3 is 10.2 Å². The van der Waals surface area contributed by atoms with Crippen LogP contribution in [0.25, 0.3) is 0 Å².